The minimum Gasteiger partial charge on any atom is -0.486 e. The van der Waals surface area contributed by atoms with E-state index in [9.17, 15) is 4.79 Å². The summed E-state index contributed by atoms with van der Waals surface area (Å²) >= 11 is 6.25. The van der Waals surface area contributed by atoms with Gasteiger partial charge in [-0.3, -0.25) is 4.79 Å². The van der Waals surface area contributed by atoms with Crippen molar-refractivity contribution in [2.24, 2.45) is 0 Å². The van der Waals surface area contributed by atoms with E-state index >= 15 is 0 Å². The topological polar surface area (TPSA) is 48.0 Å². The third-order valence-corrected chi connectivity index (χ3v) is 5.33. The first kappa shape index (κ1) is 16.7. The molecule has 1 saturated heterocycles. The number of ether oxygens (including phenoxy) is 3. The summed E-state index contributed by atoms with van der Waals surface area (Å²) < 4.78 is 16.9. The molecule has 0 unspecified atom stereocenters. The van der Waals surface area contributed by atoms with E-state index in [1.54, 1.807) is 18.2 Å². The van der Waals surface area contributed by atoms with E-state index in [2.05, 4.69) is 0 Å². The Morgan fingerprint density at radius 3 is 2.92 bits per heavy atom. The molecule has 1 aromatic rings. The summed E-state index contributed by atoms with van der Waals surface area (Å²) in [6.45, 7) is 2.29. The van der Waals surface area contributed by atoms with Crippen LogP contribution in [0.4, 0.5) is 0 Å². The summed E-state index contributed by atoms with van der Waals surface area (Å²) in [4.78, 5) is 14.7. The Morgan fingerprint density at radius 1 is 1.16 bits per heavy atom. The molecule has 25 heavy (non-hydrogen) atoms. The number of fused-ring (bicyclic) bond motifs is 2. The van der Waals surface area contributed by atoms with Crippen molar-refractivity contribution in [3.05, 3.63) is 28.8 Å². The van der Waals surface area contributed by atoms with Crippen LogP contribution in [0.1, 0.15) is 31.2 Å². The Labute approximate surface area is 152 Å². The van der Waals surface area contributed by atoms with Gasteiger partial charge in [-0.1, -0.05) is 24.4 Å². The van der Waals surface area contributed by atoms with Crippen LogP contribution in [-0.2, 0) is 9.53 Å². The molecule has 0 radical (unpaired) electrons. The first-order valence-corrected chi connectivity index (χ1v) is 9.29. The molecule has 2 heterocycles. The Hall–Kier alpha value is -1.72. The van der Waals surface area contributed by atoms with E-state index in [0.717, 1.165) is 24.8 Å². The van der Waals surface area contributed by atoms with Gasteiger partial charge in [-0.25, -0.2) is 0 Å². The maximum Gasteiger partial charge on any atom is 0.246 e. The van der Waals surface area contributed by atoms with Crippen molar-refractivity contribution in [1.82, 2.24) is 4.90 Å². The van der Waals surface area contributed by atoms with Crippen LogP contribution < -0.4 is 9.47 Å². The molecule has 2 atom stereocenters. The highest BCUT2D eigenvalue weighted by Gasteiger charge is 2.35. The lowest BCUT2D eigenvalue weighted by molar-refractivity contribution is -0.144. The zero-order chi connectivity index (χ0) is 17.2. The molecule has 1 amide bonds. The van der Waals surface area contributed by atoms with Gasteiger partial charge >= 0.3 is 0 Å². The lowest BCUT2D eigenvalue weighted by Gasteiger charge is -2.43. The minimum absolute atomic E-state index is 0.0335. The Kier molecular flexibility index (Phi) is 4.86. The van der Waals surface area contributed by atoms with Crippen molar-refractivity contribution >= 4 is 23.6 Å². The highest BCUT2D eigenvalue weighted by atomic mass is 35.5. The van der Waals surface area contributed by atoms with Crippen LogP contribution in [0.3, 0.4) is 0 Å². The second-order valence-electron chi connectivity index (χ2n) is 6.65. The molecular formula is C19H22ClNO4. The second-order valence-corrected chi connectivity index (χ2v) is 7.06. The van der Waals surface area contributed by atoms with Gasteiger partial charge in [-0.05, 0) is 36.6 Å². The van der Waals surface area contributed by atoms with Gasteiger partial charge in [0.2, 0.25) is 5.91 Å². The molecule has 0 bridgehead atoms. The van der Waals surface area contributed by atoms with E-state index in [1.807, 2.05) is 11.0 Å². The molecule has 2 aliphatic heterocycles. The van der Waals surface area contributed by atoms with Crippen LogP contribution in [-0.4, -0.2) is 49.3 Å². The fraction of sp³-hybridized carbons (Fsp3) is 0.526. The molecule has 4 rings (SSSR count). The van der Waals surface area contributed by atoms with Crippen LogP contribution >= 0.6 is 11.6 Å². The molecule has 0 N–H and O–H groups in total. The molecule has 2 fully saturated rings. The smallest absolute Gasteiger partial charge is 0.246 e. The number of hydrogen-bond acceptors (Lipinski definition) is 4. The Bertz CT molecular complexity index is 688. The fourth-order valence-corrected chi connectivity index (χ4v) is 4.13. The number of benzene rings is 1. The van der Waals surface area contributed by atoms with Crippen LogP contribution in [0.25, 0.3) is 6.08 Å². The molecule has 1 aromatic carbocycles. The number of nitrogens with zero attached hydrogens (tertiary/aromatic N) is 1. The summed E-state index contributed by atoms with van der Waals surface area (Å²) in [6.07, 6.45) is 8.04. The summed E-state index contributed by atoms with van der Waals surface area (Å²) in [5.41, 5.74) is 0.830. The van der Waals surface area contributed by atoms with Crippen molar-refractivity contribution in [3.8, 4) is 11.5 Å². The lowest BCUT2D eigenvalue weighted by Crippen LogP contribution is -2.54. The molecule has 0 aromatic heterocycles. The standard InChI is InChI=1S/C19H22ClNO4/c20-14-11-13(12-17-19(14)25-10-9-24-17)5-6-18(22)21-7-8-23-16-4-2-1-3-15(16)21/h5-6,11-12,15-16H,1-4,7-10H2/b6-5+/t15-,16-/m0/s1. The minimum atomic E-state index is 0.0335. The van der Waals surface area contributed by atoms with Gasteiger partial charge in [0.15, 0.2) is 11.5 Å². The fourth-order valence-electron chi connectivity index (χ4n) is 3.86. The summed E-state index contributed by atoms with van der Waals surface area (Å²) in [5.74, 6) is 1.24. The summed E-state index contributed by atoms with van der Waals surface area (Å²) in [6, 6.07) is 3.86. The largest absolute Gasteiger partial charge is 0.486 e. The van der Waals surface area contributed by atoms with Crippen molar-refractivity contribution in [1.29, 1.82) is 0 Å². The monoisotopic (exact) mass is 363 g/mol. The zero-order valence-electron chi connectivity index (χ0n) is 14.1. The maximum atomic E-state index is 12.7. The zero-order valence-corrected chi connectivity index (χ0v) is 14.8. The Morgan fingerprint density at radius 2 is 2.00 bits per heavy atom. The SMILES string of the molecule is O=C(/C=C/c1cc(Cl)c2c(c1)OCCO2)N1CCO[C@H]2CCCC[C@@H]21. The van der Waals surface area contributed by atoms with Crippen molar-refractivity contribution in [2.75, 3.05) is 26.4 Å². The second kappa shape index (κ2) is 7.26. The van der Waals surface area contributed by atoms with E-state index in [1.165, 1.54) is 6.42 Å². The highest BCUT2D eigenvalue weighted by molar-refractivity contribution is 6.32. The number of carbonyl (C=O) groups is 1. The average molecular weight is 364 g/mol. The number of amides is 1. The first-order valence-electron chi connectivity index (χ1n) is 8.92. The van der Waals surface area contributed by atoms with Gasteiger partial charge in [0.1, 0.15) is 13.2 Å². The average Bonchev–Trinajstić information content (AvgIpc) is 2.66. The van der Waals surface area contributed by atoms with E-state index < -0.39 is 0 Å². The van der Waals surface area contributed by atoms with Crippen molar-refractivity contribution in [3.63, 3.8) is 0 Å². The predicted molar refractivity (Wildman–Crippen MR) is 95.2 cm³/mol. The summed E-state index contributed by atoms with van der Waals surface area (Å²) in [5, 5.41) is 0.503. The molecular weight excluding hydrogens is 342 g/mol. The Balaban J connectivity index is 1.49. The van der Waals surface area contributed by atoms with Gasteiger partial charge in [-0.2, -0.15) is 0 Å². The van der Waals surface area contributed by atoms with E-state index in [0.29, 0.717) is 42.9 Å². The number of hydrogen-bond donors (Lipinski definition) is 0. The summed E-state index contributed by atoms with van der Waals surface area (Å²) in [7, 11) is 0. The van der Waals surface area contributed by atoms with Gasteiger partial charge in [0, 0.05) is 12.6 Å². The molecule has 3 aliphatic rings. The molecule has 6 heteroatoms. The molecule has 5 nitrogen and oxygen atoms in total. The van der Waals surface area contributed by atoms with Gasteiger partial charge in [0.25, 0.3) is 0 Å². The number of halogens is 1. The van der Waals surface area contributed by atoms with E-state index in [-0.39, 0.29) is 18.1 Å². The van der Waals surface area contributed by atoms with Crippen molar-refractivity contribution < 1.29 is 19.0 Å². The van der Waals surface area contributed by atoms with Crippen LogP contribution in [0, 0.1) is 0 Å². The van der Waals surface area contributed by atoms with Gasteiger partial charge in [-0.15, -0.1) is 0 Å². The maximum absolute atomic E-state index is 12.7. The normalized spacial score (nSPS) is 25.7. The number of carbonyl (C=O) groups excluding carboxylic acids is 1. The van der Waals surface area contributed by atoms with Crippen LogP contribution in [0.2, 0.25) is 5.02 Å². The lowest BCUT2D eigenvalue weighted by atomic mass is 9.90. The third kappa shape index (κ3) is 3.48. The van der Waals surface area contributed by atoms with Crippen LogP contribution in [0.5, 0.6) is 11.5 Å². The third-order valence-electron chi connectivity index (χ3n) is 5.05. The molecule has 0 spiro atoms. The molecule has 134 valence electrons. The van der Waals surface area contributed by atoms with Gasteiger partial charge < -0.3 is 19.1 Å². The molecule has 1 aliphatic carbocycles. The highest BCUT2D eigenvalue weighted by Crippen LogP contribution is 2.38. The predicted octanol–water partition coefficient (Wildman–Crippen LogP) is 3.29. The van der Waals surface area contributed by atoms with E-state index in [4.69, 9.17) is 25.8 Å². The quantitative estimate of drug-likeness (QED) is 0.756. The van der Waals surface area contributed by atoms with Gasteiger partial charge in [0.05, 0.1) is 23.8 Å². The van der Waals surface area contributed by atoms with Crippen LogP contribution in [0.15, 0.2) is 18.2 Å². The number of morpholine rings is 1. The van der Waals surface area contributed by atoms with Crippen molar-refractivity contribution in [2.45, 2.75) is 37.8 Å². The molecule has 1 saturated carbocycles. The number of rotatable bonds is 2. The first-order chi connectivity index (χ1) is 12.2.